The van der Waals surface area contributed by atoms with Gasteiger partial charge in [0, 0.05) is 43.2 Å². The molecule has 0 saturated heterocycles. The molecule has 3 aliphatic heterocycles. The molecule has 4 heterocycles. The fourth-order valence-electron chi connectivity index (χ4n) is 9.90. The Morgan fingerprint density at radius 2 is 1.22 bits per heavy atom. The standard InChI is InChI=1S/C55H52BN3O/c1-33-26-41-42-28-36(55(8,9)10)30-50-52(42)59(47-32-45-40(31-49(47)60-50)39-18-14-15-19-44(39)57(45)37-16-12-11-13-17-37)56-43-25-22-35(54(5,6)7)29-46(43)58(48(27-33)51(41)56)38-23-20-34(21-24-38)53(2,3)4/h11-32H,1-10H3/i1D3. The van der Waals surface area contributed by atoms with Crippen LogP contribution in [0, 0.1) is 6.85 Å². The lowest BCUT2D eigenvalue weighted by Gasteiger charge is -2.48. The number of benzene rings is 7. The van der Waals surface area contributed by atoms with Crippen LogP contribution >= 0.6 is 0 Å². The molecule has 0 unspecified atom stereocenters. The molecule has 1 aromatic heterocycles. The fraction of sp³-hybridized carbons (Fsp3) is 0.236. The molecule has 3 aliphatic rings. The maximum atomic E-state index is 8.90. The molecule has 11 rings (SSSR count). The van der Waals surface area contributed by atoms with Crippen molar-refractivity contribution >= 4 is 68.0 Å². The predicted octanol–water partition coefficient (Wildman–Crippen LogP) is 13.8. The zero-order chi connectivity index (χ0) is 44.1. The van der Waals surface area contributed by atoms with Crippen LogP contribution in [0.15, 0.2) is 133 Å². The average Bonchev–Trinajstić information content (AvgIpc) is 3.55. The molecule has 0 saturated carbocycles. The first-order valence-electron chi connectivity index (χ1n) is 22.8. The second-order valence-corrected chi connectivity index (χ2v) is 20.1. The number of rotatable bonds is 2. The molecule has 0 amide bonds. The van der Waals surface area contributed by atoms with E-state index in [0.717, 1.165) is 95.0 Å². The molecule has 0 fully saturated rings. The molecular weight excluding hydrogens is 729 g/mol. The van der Waals surface area contributed by atoms with E-state index in [1.807, 2.05) is 12.1 Å². The molecule has 0 N–H and O–H groups in total. The molecule has 5 heteroatoms. The van der Waals surface area contributed by atoms with E-state index in [0.29, 0.717) is 5.56 Å². The molecule has 7 aromatic carbocycles. The Balaban J connectivity index is 1.28. The van der Waals surface area contributed by atoms with Gasteiger partial charge in [0.05, 0.1) is 22.4 Å². The van der Waals surface area contributed by atoms with E-state index in [4.69, 9.17) is 8.85 Å². The zero-order valence-electron chi connectivity index (χ0n) is 39.0. The summed E-state index contributed by atoms with van der Waals surface area (Å²) in [5, 5.41) is 2.28. The van der Waals surface area contributed by atoms with Crippen molar-refractivity contribution in [1.82, 2.24) is 4.57 Å². The predicted molar refractivity (Wildman–Crippen MR) is 255 cm³/mol. The van der Waals surface area contributed by atoms with Gasteiger partial charge in [0.2, 0.25) is 0 Å². The molecule has 0 bridgehead atoms. The Hall–Kier alpha value is -6.20. The summed E-state index contributed by atoms with van der Waals surface area (Å²) in [4.78, 5) is 4.85. The van der Waals surface area contributed by atoms with Crippen LogP contribution in [0.3, 0.4) is 0 Å². The smallest absolute Gasteiger partial charge is 0.333 e. The number of fused-ring (bicyclic) bond motifs is 9. The quantitative estimate of drug-likeness (QED) is 0.163. The number of anilines is 5. The molecule has 4 nitrogen and oxygen atoms in total. The van der Waals surface area contributed by atoms with Crippen LogP contribution in [0.2, 0.25) is 0 Å². The van der Waals surface area contributed by atoms with Crippen LogP contribution < -0.4 is 25.4 Å². The fourth-order valence-corrected chi connectivity index (χ4v) is 9.90. The van der Waals surface area contributed by atoms with Crippen molar-refractivity contribution in [3.63, 3.8) is 0 Å². The minimum absolute atomic E-state index is 0.0310. The molecule has 0 atom stereocenters. The Kier molecular flexibility index (Phi) is 6.96. The van der Waals surface area contributed by atoms with Crippen molar-refractivity contribution < 1.29 is 8.85 Å². The number of hydrogen-bond acceptors (Lipinski definition) is 3. The lowest BCUT2D eigenvalue weighted by Crippen LogP contribution is -2.62. The van der Waals surface area contributed by atoms with Gasteiger partial charge in [-0.3, -0.25) is 0 Å². The van der Waals surface area contributed by atoms with Gasteiger partial charge in [-0.05, 0) is 129 Å². The Morgan fingerprint density at radius 3 is 1.93 bits per heavy atom. The Bertz CT molecular complexity index is 3200. The average molecular weight is 785 g/mol. The van der Waals surface area contributed by atoms with E-state index in [-0.39, 0.29) is 23.1 Å². The molecule has 296 valence electrons. The second kappa shape index (κ2) is 12.4. The maximum Gasteiger partial charge on any atom is 0.333 e. The van der Waals surface area contributed by atoms with Gasteiger partial charge in [0.25, 0.3) is 0 Å². The summed E-state index contributed by atoms with van der Waals surface area (Å²) in [6.45, 7) is 17.5. The molecule has 0 radical (unpaired) electrons. The summed E-state index contributed by atoms with van der Waals surface area (Å²) in [5.74, 6) is 1.57. The second-order valence-electron chi connectivity index (χ2n) is 20.1. The number of ether oxygens (including phenoxy) is 1. The van der Waals surface area contributed by atoms with Crippen LogP contribution in [0.5, 0.6) is 11.5 Å². The van der Waals surface area contributed by atoms with Gasteiger partial charge >= 0.3 is 6.85 Å². The van der Waals surface area contributed by atoms with Gasteiger partial charge in [-0.2, -0.15) is 0 Å². The van der Waals surface area contributed by atoms with Crippen molar-refractivity contribution in [2.24, 2.45) is 0 Å². The van der Waals surface area contributed by atoms with E-state index in [1.54, 1.807) is 0 Å². The van der Waals surface area contributed by atoms with E-state index < -0.39 is 6.85 Å². The SMILES string of the molecule is [2H]C([2H])([2H])c1cc2c3c(c1)N(c1ccc(C(C)(C)C)cc1)c1cc(C(C)(C)C)ccc1B3N1c3cc4c(cc3Oc3cc(C(C)(C)C)cc-2c31)c1ccccc1n4-c1ccccc1. The number of aromatic nitrogens is 1. The normalized spacial score (nSPS) is 15.2. The van der Waals surface area contributed by atoms with E-state index >= 15 is 0 Å². The lowest BCUT2D eigenvalue weighted by molar-refractivity contribution is 0.475. The number of aryl methyl sites for hydroxylation is 1. The first-order valence-corrected chi connectivity index (χ1v) is 21.3. The molecule has 8 aromatic rings. The summed E-state index contributed by atoms with van der Waals surface area (Å²) in [5.41, 5.74) is 15.8. The van der Waals surface area contributed by atoms with Gasteiger partial charge < -0.3 is 19.0 Å². The summed E-state index contributed by atoms with van der Waals surface area (Å²) < 4.78 is 36.3. The van der Waals surface area contributed by atoms with Gasteiger partial charge in [0.15, 0.2) is 11.5 Å². The first kappa shape index (κ1) is 33.6. The van der Waals surface area contributed by atoms with Gasteiger partial charge in [0.1, 0.15) is 0 Å². The van der Waals surface area contributed by atoms with Crippen LogP contribution in [0.4, 0.5) is 28.4 Å². The molecule has 60 heavy (non-hydrogen) atoms. The van der Waals surface area contributed by atoms with Crippen molar-refractivity contribution in [2.75, 3.05) is 9.71 Å². The van der Waals surface area contributed by atoms with Crippen molar-refractivity contribution in [2.45, 2.75) is 85.4 Å². The van der Waals surface area contributed by atoms with Crippen molar-refractivity contribution in [1.29, 1.82) is 0 Å². The van der Waals surface area contributed by atoms with Crippen molar-refractivity contribution in [3.05, 3.63) is 156 Å². The van der Waals surface area contributed by atoms with Gasteiger partial charge in [-0.15, -0.1) is 0 Å². The van der Waals surface area contributed by atoms with Gasteiger partial charge in [-0.1, -0.05) is 129 Å². The number of para-hydroxylation sites is 2. The minimum Gasteiger partial charge on any atom is -0.453 e. The highest BCUT2D eigenvalue weighted by atomic mass is 16.5. The van der Waals surface area contributed by atoms with Crippen LogP contribution in [-0.2, 0) is 16.2 Å². The molecular formula is C55H52BN3O. The largest absolute Gasteiger partial charge is 0.453 e. The highest BCUT2D eigenvalue weighted by molar-refractivity contribution is 6.93. The third kappa shape index (κ3) is 5.37. The van der Waals surface area contributed by atoms with E-state index in [9.17, 15) is 0 Å². The van der Waals surface area contributed by atoms with E-state index in [1.165, 1.54) is 11.1 Å². The van der Waals surface area contributed by atoms with Gasteiger partial charge in [-0.25, -0.2) is 0 Å². The zero-order valence-corrected chi connectivity index (χ0v) is 36.0. The van der Waals surface area contributed by atoms with E-state index in [2.05, 4.69) is 198 Å². The monoisotopic (exact) mass is 784 g/mol. The lowest BCUT2D eigenvalue weighted by atomic mass is 9.43. The number of nitrogens with zero attached hydrogens (tertiary/aromatic N) is 3. The minimum atomic E-state index is -2.35. The third-order valence-electron chi connectivity index (χ3n) is 13.1. The van der Waals surface area contributed by atoms with Crippen LogP contribution in [0.25, 0.3) is 38.6 Å². The Labute approximate surface area is 359 Å². The molecule has 0 aliphatic carbocycles. The summed E-state index contributed by atoms with van der Waals surface area (Å²) in [6.07, 6.45) is 0. The number of hydrogen-bond donors (Lipinski definition) is 0. The summed E-state index contributed by atoms with van der Waals surface area (Å²) in [6, 6.07) is 48.0. The summed E-state index contributed by atoms with van der Waals surface area (Å²) >= 11 is 0. The highest BCUT2D eigenvalue weighted by Gasteiger charge is 2.49. The first-order chi connectivity index (χ1) is 29.8. The molecule has 0 spiro atoms. The topological polar surface area (TPSA) is 20.6 Å². The van der Waals surface area contributed by atoms with Crippen LogP contribution in [0.1, 0.15) is 88.7 Å². The maximum absolute atomic E-state index is 8.90. The van der Waals surface area contributed by atoms with Crippen LogP contribution in [-0.4, -0.2) is 11.4 Å². The Morgan fingerprint density at radius 1 is 0.517 bits per heavy atom. The summed E-state index contributed by atoms with van der Waals surface area (Å²) in [7, 11) is 0. The third-order valence-corrected chi connectivity index (χ3v) is 13.1. The van der Waals surface area contributed by atoms with Crippen molar-refractivity contribution in [3.8, 4) is 28.3 Å². The highest BCUT2D eigenvalue weighted by Crippen LogP contribution is 2.58.